The zero-order valence-corrected chi connectivity index (χ0v) is 27.9. The Hall–Kier alpha value is -4.33. The molecule has 0 spiro atoms. The molecule has 0 aliphatic carbocycles. The Balaban J connectivity index is 1.39. The first kappa shape index (κ1) is 32.6. The summed E-state index contributed by atoms with van der Waals surface area (Å²) >= 11 is 0. The molecule has 3 aliphatic rings. The molecule has 0 bridgehead atoms. The molecule has 1 unspecified atom stereocenters. The van der Waals surface area contributed by atoms with Crippen LogP contribution < -0.4 is 18.5 Å². The van der Waals surface area contributed by atoms with Gasteiger partial charge in [-0.2, -0.15) is 4.31 Å². The first-order valence-corrected chi connectivity index (χ1v) is 17.0. The van der Waals surface area contributed by atoms with Gasteiger partial charge in [0.1, 0.15) is 22.1 Å². The highest BCUT2D eigenvalue weighted by Crippen LogP contribution is 2.50. The van der Waals surface area contributed by atoms with Gasteiger partial charge in [-0.15, -0.1) is 0 Å². The van der Waals surface area contributed by atoms with E-state index in [2.05, 4.69) is 16.8 Å². The van der Waals surface area contributed by atoms with Crippen molar-refractivity contribution < 1.29 is 37.0 Å². The van der Waals surface area contributed by atoms with Crippen LogP contribution in [0.4, 0.5) is 10.5 Å². The summed E-state index contributed by atoms with van der Waals surface area (Å²) < 4.78 is 52.0. The van der Waals surface area contributed by atoms with E-state index in [0.717, 1.165) is 25.9 Å². The van der Waals surface area contributed by atoms with Crippen LogP contribution in [0.2, 0.25) is 0 Å². The van der Waals surface area contributed by atoms with Crippen molar-refractivity contribution in [2.75, 3.05) is 72.0 Å². The Morgan fingerprint density at radius 3 is 2.17 bits per heavy atom. The number of piperazine rings is 1. The van der Waals surface area contributed by atoms with Crippen LogP contribution in [0.5, 0.6) is 17.2 Å². The zero-order valence-electron chi connectivity index (χ0n) is 27.0. The molecule has 12 nitrogen and oxygen atoms in total. The molecule has 47 heavy (non-hydrogen) atoms. The van der Waals surface area contributed by atoms with Gasteiger partial charge in [-0.05, 0) is 63.3 Å². The van der Waals surface area contributed by atoms with Crippen molar-refractivity contribution in [3.8, 4) is 17.2 Å². The molecule has 3 aromatic rings. The highest BCUT2D eigenvalue weighted by atomic mass is 32.2. The fourth-order valence-electron chi connectivity index (χ4n) is 6.74. The first-order valence-electron chi connectivity index (χ1n) is 15.6. The van der Waals surface area contributed by atoms with Gasteiger partial charge in [0.15, 0.2) is 0 Å². The van der Waals surface area contributed by atoms with E-state index >= 15 is 0 Å². The monoisotopic (exact) mass is 664 g/mol. The number of methoxy groups -OCH3 is 3. The summed E-state index contributed by atoms with van der Waals surface area (Å²) in [5, 5.41) is 0. The number of para-hydroxylation sites is 1. The molecular formula is C34H40N4O8S. The third-order valence-corrected chi connectivity index (χ3v) is 11.1. The Bertz CT molecular complexity index is 1750. The fraction of sp³-hybridized carbons (Fsp3) is 0.412. The minimum Gasteiger partial charge on any atom is -0.497 e. The minimum absolute atomic E-state index is 0.00649. The van der Waals surface area contributed by atoms with Crippen LogP contribution >= 0.6 is 0 Å². The van der Waals surface area contributed by atoms with Crippen LogP contribution in [0.1, 0.15) is 24.0 Å². The summed E-state index contributed by atoms with van der Waals surface area (Å²) in [5.74, 6) is -0.172. The molecule has 2 amide bonds. The van der Waals surface area contributed by atoms with Crippen molar-refractivity contribution in [2.24, 2.45) is 0 Å². The standard InChI is InChI=1S/C34H40N4O8S/c1-35-16-14-25(15-17-35)36-18-20-37(21-19-36)33(40)46-34(24-8-7-9-26(22-24)43-2)28-10-5-6-11-29(28)38(32(34)39)47(41,42)31-13-12-27(44-3)23-30(31)45-4/h5-13,22-23,25H,14-21H2,1-4H3. The lowest BCUT2D eigenvalue weighted by Gasteiger charge is -2.42. The highest BCUT2D eigenvalue weighted by molar-refractivity contribution is 7.93. The van der Waals surface area contributed by atoms with E-state index in [9.17, 15) is 18.0 Å². The third kappa shape index (κ3) is 5.76. The summed E-state index contributed by atoms with van der Waals surface area (Å²) in [6.07, 6.45) is 1.45. The Morgan fingerprint density at radius 2 is 1.49 bits per heavy atom. The lowest BCUT2D eigenvalue weighted by molar-refractivity contribution is -0.132. The van der Waals surface area contributed by atoms with Gasteiger partial charge in [0.05, 0.1) is 27.0 Å². The van der Waals surface area contributed by atoms with Crippen molar-refractivity contribution in [1.29, 1.82) is 0 Å². The predicted octanol–water partition coefficient (Wildman–Crippen LogP) is 3.54. The summed E-state index contributed by atoms with van der Waals surface area (Å²) in [6.45, 7) is 4.27. The van der Waals surface area contributed by atoms with Gasteiger partial charge >= 0.3 is 6.09 Å². The number of amides is 2. The van der Waals surface area contributed by atoms with Gasteiger partial charge in [0.25, 0.3) is 15.9 Å². The van der Waals surface area contributed by atoms with Gasteiger partial charge < -0.3 is 28.7 Å². The van der Waals surface area contributed by atoms with Crippen molar-refractivity contribution >= 4 is 27.7 Å². The summed E-state index contributed by atoms with van der Waals surface area (Å²) in [6, 6.07) is 17.7. The molecule has 0 radical (unpaired) electrons. The first-order chi connectivity index (χ1) is 22.6. The Kier molecular flexibility index (Phi) is 9.05. The maximum atomic E-state index is 14.9. The second kappa shape index (κ2) is 13.1. The van der Waals surface area contributed by atoms with Gasteiger partial charge in [-0.25, -0.2) is 13.2 Å². The van der Waals surface area contributed by atoms with E-state index in [-0.39, 0.29) is 27.5 Å². The quantitative estimate of drug-likeness (QED) is 0.354. The number of ether oxygens (including phenoxy) is 4. The SMILES string of the molecule is COc1cccc(C2(OC(=O)N3CCN(C4CCN(C)CC4)CC3)C(=O)N(S(=O)(=O)c3ccc(OC)cc3OC)c3ccccc32)c1. The molecule has 2 saturated heterocycles. The number of carbonyl (C=O) groups excluding carboxylic acids is 2. The number of carbonyl (C=O) groups is 2. The number of nitrogens with zero attached hydrogens (tertiary/aromatic N) is 4. The maximum absolute atomic E-state index is 14.9. The van der Waals surface area contributed by atoms with Crippen LogP contribution in [0.15, 0.2) is 71.6 Å². The van der Waals surface area contributed by atoms with E-state index in [4.69, 9.17) is 18.9 Å². The average molecular weight is 665 g/mol. The van der Waals surface area contributed by atoms with Crippen LogP contribution in [0.25, 0.3) is 0 Å². The van der Waals surface area contributed by atoms with Gasteiger partial charge in [0, 0.05) is 49.4 Å². The van der Waals surface area contributed by atoms with Crippen LogP contribution in [0.3, 0.4) is 0 Å². The largest absolute Gasteiger partial charge is 0.497 e. The molecule has 3 aromatic carbocycles. The van der Waals surface area contributed by atoms with Gasteiger partial charge in [-0.1, -0.05) is 30.3 Å². The molecule has 6 rings (SSSR count). The number of sulfonamides is 1. The molecule has 3 heterocycles. The van der Waals surface area contributed by atoms with E-state index in [1.54, 1.807) is 47.4 Å². The smallest absolute Gasteiger partial charge is 0.411 e. The summed E-state index contributed by atoms with van der Waals surface area (Å²) in [5.41, 5.74) is -1.59. The number of rotatable bonds is 8. The molecular weight excluding hydrogens is 624 g/mol. The third-order valence-electron chi connectivity index (χ3n) is 9.37. The second-order valence-electron chi connectivity index (χ2n) is 11.9. The zero-order chi connectivity index (χ0) is 33.3. The molecule has 1 atom stereocenters. The topological polar surface area (TPSA) is 118 Å². The number of likely N-dealkylation sites (tertiary alicyclic amines) is 1. The number of piperidine rings is 1. The van der Waals surface area contributed by atoms with E-state index < -0.39 is 27.6 Å². The molecule has 13 heteroatoms. The number of benzene rings is 3. The van der Waals surface area contributed by atoms with Crippen molar-refractivity contribution in [1.82, 2.24) is 14.7 Å². The molecule has 0 N–H and O–H groups in total. The normalized spacial score (nSPS) is 21.0. The molecule has 0 saturated carbocycles. The molecule has 0 aromatic heterocycles. The predicted molar refractivity (Wildman–Crippen MR) is 175 cm³/mol. The number of hydrogen-bond acceptors (Lipinski definition) is 10. The second-order valence-corrected chi connectivity index (χ2v) is 13.7. The summed E-state index contributed by atoms with van der Waals surface area (Å²) in [7, 11) is 1.81. The maximum Gasteiger partial charge on any atom is 0.411 e. The van der Waals surface area contributed by atoms with Gasteiger partial charge in [0.2, 0.25) is 5.60 Å². The van der Waals surface area contributed by atoms with Gasteiger partial charge in [-0.3, -0.25) is 9.69 Å². The summed E-state index contributed by atoms with van der Waals surface area (Å²) in [4.78, 5) is 35.0. The van der Waals surface area contributed by atoms with E-state index in [1.165, 1.54) is 45.6 Å². The molecule has 250 valence electrons. The lowest BCUT2D eigenvalue weighted by atomic mass is 9.87. The highest BCUT2D eigenvalue weighted by Gasteiger charge is 2.60. The Labute approximate surface area is 275 Å². The van der Waals surface area contributed by atoms with Crippen molar-refractivity contribution in [3.63, 3.8) is 0 Å². The van der Waals surface area contributed by atoms with E-state index in [0.29, 0.717) is 48.0 Å². The average Bonchev–Trinajstić information content (AvgIpc) is 3.36. The molecule has 2 fully saturated rings. The lowest BCUT2D eigenvalue weighted by Crippen LogP contribution is -2.55. The fourth-order valence-corrected chi connectivity index (χ4v) is 8.34. The number of fused-ring (bicyclic) bond motifs is 1. The van der Waals surface area contributed by atoms with Crippen LogP contribution in [-0.4, -0.2) is 109 Å². The molecule has 3 aliphatic heterocycles. The van der Waals surface area contributed by atoms with Crippen molar-refractivity contribution in [3.05, 3.63) is 77.9 Å². The van der Waals surface area contributed by atoms with Crippen molar-refractivity contribution in [2.45, 2.75) is 29.4 Å². The van der Waals surface area contributed by atoms with Crippen LogP contribution in [-0.2, 0) is 25.2 Å². The number of anilines is 1. The Morgan fingerprint density at radius 1 is 0.809 bits per heavy atom. The minimum atomic E-state index is -4.59. The number of hydrogen-bond donors (Lipinski definition) is 0. The van der Waals surface area contributed by atoms with E-state index in [1.807, 2.05) is 0 Å². The van der Waals surface area contributed by atoms with Crippen LogP contribution in [0, 0.1) is 0 Å².